The minimum Gasteiger partial charge on any atom is -0.392 e. The molecule has 1 aliphatic rings. The lowest BCUT2D eigenvalue weighted by atomic mass is 10.0. The van der Waals surface area contributed by atoms with Crippen LogP contribution in [0, 0.1) is 0 Å². The van der Waals surface area contributed by atoms with E-state index in [1.165, 1.54) is 12.8 Å². The third-order valence-corrected chi connectivity index (χ3v) is 3.72. The molecule has 0 bridgehead atoms. The first-order chi connectivity index (χ1) is 7.56. The van der Waals surface area contributed by atoms with Gasteiger partial charge >= 0.3 is 0 Å². The summed E-state index contributed by atoms with van der Waals surface area (Å²) in [6, 6.07) is 5.72. The third kappa shape index (κ3) is 1.92. The van der Waals surface area contributed by atoms with Crippen molar-refractivity contribution in [2.24, 2.45) is 0 Å². The molecule has 0 aromatic heterocycles. The number of halogens is 1. The smallest absolute Gasteiger partial charge is 0.0702 e. The zero-order chi connectivity index (χ0) is 11.8. The Hall–Kier alpha value is -0.730. The maximum atomic E-state index is 9.39. The minimum absolute atomic E-state index is 0.0441. The van der Waals surface area contributed by atoms with E-state index in [0.29, 0.717) is 0 Å². The lowest BCUT2D eigenvalue weighted by molar-refractivity contribution is 0.281. The molecule has 1 heterocycles. The predicted octanol–water partition coefficient (Wildman–Crippen LogP) is 3.21. The molecule has 0 unspecified atom stereocenters. The molecule has 88 valence electrons. The maximum Gasteiger partial charge on any atom is 0.0702 e. The molecule has 0 radical (unpaired) electrons. The SMILES string of the molecule is CC1(C)CCCN1c1c(Cl)cccc1CO. The van der Waals surface area contributed by atoms with E-state index in [1.54, 1.807) is 0 Å². The highest BCUT2D eigenvalue weighted by atomic mass is 35.5. The molecule has 1 fully saturated rings. The third-order valence-electron chi connectivity index (χ3n) is 3.41. The van der Waals surface area contributed by atoms with Gasteiger partial charge in [-0.15, -0.1) is 0 Å². The predicted molar refractivity (Wildman–Crippen MR) is 68.0 cm³/mol. The highest BCUT2D eigenvalue weighted by Crippen LogP contribution is 2.39. The quantitative estimate of drug-likeness (QED) is 0.857. The zero-order valence-corrected chi connectivity index (χ0v) is 10.6. The van der Waals surface area contributed by atoms with Crippen LogP contribution in [0.25, 0.3) is 0 Å². The van der Waals surface area contributed by atoms with Gasteiger partial charge in [-0.25, -0.2) is 0 Å². The van der Waals surface area contributed by atoms with Crippen LogP contribution in [0.1, 0.15) is 32.3 Å². The molecule has 0 aliphatic carbocycles. The summed E-state index contributed by atoms with van der Waals surface area (Å²) in [4.78, 5) is 2.32. The molecule has 1 saturated heterocycles. The first kappa shape index (κ1) is 11.7. The molecule has 1 aliphatic heterocycles. The molecule has 0 atom stereocenters. The number of aliphatic hydroxyl groups is 1. The summed E-state index contributed by atoms with van der Waals surface area (Å²) in [5.41, 5.74) is 2.06. The van der Waals surface area contributed by atoms with E-state index < -0.39 is 0 Å². The van der Waals surface area contributed by atoms with Gasteiger partial charge in [0.05, 0.1) is 17.3 Å². The van der Waals surface area contributed by atoms with E-state index in [1.807, 2.05) is 18.2 Å². The molecule has 2 rings (SSSR count). The van der Waals surface area contributed by atoms with Crippen LogP contribution in [-0.4, -0.2) is 17.2 Å². The number of aliphatic hydroxyl groups excluding tert-OH is 1. The average molecular weight is 240 g/mol. The number of para-hydroxylation sites is 1. The van der Waals surface area contributed by atoms with Gasteiger partial charge in [-0.3, -0.25) is 0 Å². The highest BCUT2D eigenvalue weighted by molar-refractivity contribution is 6.33. The van der Waals surface area contributed by atoms with Crippen molar-refractivity contribution in [2.75, 3.05) is 11.4 Å². The van der Waals surface area contributed by atoms with Gasteiger partial charge in [-0.1, -0.05) is 23.7 Å². The van der Waals surface area contributed by atoms with Crippen LogP contribution >= 0.6 is 11.6 Å². The molecule has 0 amide bonds. The number of nitrogens with zero attached hydrogens (tertiary/aromatic N) is 1. The first-order valence-electron chi connectivity index (χ1n) is 5.72. The van der Waals surface area contributed by atoms with Crippen molar-refractivity contribution in [3.05, 3.63) is 28.8 Å². The molecule has 1 aromatic carbocycles. The molecule has 16 heavy (non-hydrogen) atoms. The Morgan fingerprint density at radius 1 is 1.44 bits per heavy atom. The van der Waals surface area contributed by atoms with Gasteiger partial charge in [0.2, 0.25) is 0 Å². The summed E-state index contributed by atoms with van der Waals surface area (Å²) < 4.78 is 0. The average Bonchev–Trinajstić information content (AvgIpc) is 2.57. The molecule has 0 spiro atoms. The summed E-state index contributed by atoms with van der Waals surface area (Å²) in [6.07, 6.45) is 2.35. The van der Waals surface area contributed by atoms with Gasteiger partial charge in [-0.2, -0.15) is 0 Å². The second-order valence-corrected chi connectivity index (χ2v) is 5.38. The monoisotopic (exact) mass is 239 g/mol. The van der Waals surface area contributed by atoms with Gasteiger partial charge < -0.3 is 10.0 Å². The largest absolute Gasteiger partial charge is 0.392 e. The molecule has 1 N–H and O–H groups in total. The van der Waals surface area contributed by atoms with Gasteiger partial charge in [0.25, 0.3) is 0 Å². The Morgan fingerprint density at radius 3 is 2.75 bits per heavy atom. The Morgan fingerprint density at radius 2 is 2.19 bits per heavy atom. The maximum absolute atomic E-state index is 9.39. The molecule has 1 aromatic rings. The van der Waals surface area contributed by atoms with E-state index >= 15 is 0 Å². The second-order valence-electron chi connectivity index (χ2n) is 4.97. The van der Waals surface area contributed by atoms with Crippen LogP contribution < -0.4 is 4.90 Å². The summed E-state index contributed by atoms with van der Waals surface area (Å²) in [5, 5.41) is 10.1. The Labute approximate surface area is 102 Å². The van der Waals surface area contributed by atoms with Crippen LogP contribution in [-0.2, 0) is 6.61 Å². The number of rotatable bonds is 2. The summed E-state index contributed by atoms with van der Waals surface area (Å²) in [7, 11) is 0. The molecule has 0 saturated carbocycles. The van der Waals surface area contributed by atoms with E-state index in [0.717, 1.165) is 22.8 Å². The van der Waals surface area contributed by atoms with Gasteiger partial charge in [-0.05, 0) is 32.8 Å². The van der Waals surface area contributed by atoms with Gasteiger partial charge in [0.15, 0.2) is 0 Å². The molecule has 2 nitrogen and oxygen atoms in total. The van der Waals surface area contributed by atoms with Crippen LogP contribution in [0.15, 0.2) is 18.2 Å². The molecular formula is C13H18ClNO. The fourth-order valence-electron chi connectivity index (χ4n) is 2.51. The molecule has 3 heteroatoms. The Kier molecular flexibility index (Phi) is 3.13. The van der Waals surface area contributed by atoms with Crippen molar-refractivity contribution in [1.82, 2.24) is 0 Å². The van der Waals surface area contributed by atoms with Crippen LogP contribution in [0.5, 0.6) is 0 Å². The number of anilines is 1. The lowest BCUT2D eigenvalue weighted by Crippen LogP contribution is -2.38. The first-order valence-corrected chi connectivity index (χ1v) is 6.10. The van der Waals surface area contributed by atoms with Crippen molar-refractivity contribution < 1.29 is 5.11 Å². The Bertz CT molecular complexity index is 390. The van der Waals surface area contributed by atoms with Crippen molar-refractivity contribution in [2.45, 2.75) is 38.8 Å². The lowest BCUT2D eigenvalue weighted by Gasteiger charge is -2.35. The number of hydrogen-bond acceptors (Lipinski definition) is 2. The van der Waals surface area contributed by atoms with Gasteiger partial charge in [0, 0.05) is 17.6 Å². The standard InChI is InChI=1S/C13H18ClNO/c1-13(2)7-4-8-15(13)12-10(9-16)5-3-6-11(12)14/h3,5-6,16H,4,7-9H2,1-2H3. The number of hydrogen-bond donors (Lipinski definition) is 1. The van der Waals surface area contributed by atoms with E-state index in [9.17, 15) is 5.11 Å². The van der Waals surface area contributed by atoms with Gasteiger partial charge in [0.1, 0.15) is 0 Å². The summed E-state index contributed by atoms with van der Waals surface area (Å²) >= 11 is 6.26. The van der Waals surface area contributed by atoms with E-state index in [2.05, 4.69) is 18.7 Å². The van der Waals surface area contributed by atoms with Crippen molar-refractivity contribution in [1.29, 1.82) is 0 Å². The summed E-state index contributed by atoms with van der Waals surface area (Å²) in [6.45, 7) is 5.52. The summed E-state index contributed by atoms with van der Waals surface area (Å²) in [5.74, 6) is 0. The normalized spacial score (nSPS) is 19.1. The minimum atomic E-state index is 0.0441. The number of benzene rings is 1. The van der Waals surface area contributed by atoms with E-state index in [4.69, 9.17) is 11.6 Å². The van der Waals surface area contributed by atoms with Crippen molar-refractivity contribution >= 4 is 17.3 Å². The Balaban J connectivity index is 2.47. The fourth-order valence-corrected chi connectivity index (χ4v) is 2.81. The topological polar surface area (TPSA) is 23.5 Å². The zero-order valence-electron chi connectivity index (χ0n) is 9.83. The molecular weight excluding hydrogens is 222 g/mol. The second kappa shape index (κ2) is 4.27. The van der Waals surface area contributed by atoms with E-state index in [-0.39, 0.29) is 12.1 Å². The highest BCUT2D eigenvalue weighted by Gasteiger charge is 2.34. The van der Waals surface area contributed by atoms with Crippen LogP contribution in [0.2, 0.25) is 5.02 Å². The van der Waals surface area contributed by atoms with Crippen LogP contribution in [0.4, 0.5) is 5.69 Å². The fraction of sp³-hybridized carbons (Fsp3) is 0.538. The van der Waals surface area contributed by atoms with Crippen molar-refractivity contribution in [3.8, 4) is 0 Å². The van der Waals surface area contributed by atoms with Crippen LogP contribution in [0.3, 0.4) is 0 Å². The van der Waals surface area contributed by atoms with Crippen molar-refractivity contribution in [3.63, 3.8) is 0 Å².